The molecule has 0 spiro atoms. The molecule has 0 radical (unpaired) electrons. The Hall–Kier alpha value is -9.05. The minimum atomic E-state index is -0.604. The third-order valence-electron chi connectivity index (χ3n) is 13.8. The number of hydrogen-bond donors (Lipinski definition) is 2. The van der Waals surface area contributed by atoms with Crippen LogP contribution in [0.5, 0.6) is 0 Å². The Morgan fingerprint density at radius 2 is 0.812 bits per heavy atom. The van der Waals surface area contributed by atoms with Crippen LogP contribution in [0.25, 0.3) is 44.9 Å². The normalized spacial score (nSPS) is 13.9. The van der Waals surface area contributed by atoms with E-state index in [9.17, 15) is 5.41 Å². The molecule has 0 saturated carbocycles. The Morgan fingerprint density at radius 3 is 1.43 bits per heavy atom. The van der Waals surface area contributed by atoms with Gasteiger partial charge in [0, 0.05) is 39.0 Å². The molecular weight excluding hydrogens is 835 g/mol. The molecule has 0 unspecified atom stereocenters. The molecule has 10 aromatic rings. The molecule has 1 heterocycles. The number of nitrogens with zero attached hydrogens (tertiary/aromatic N) is 1. The highest BCUT2D eigenvalue weighted by molar-refractivity contribution is 6.36. The molecule has 0 saturated heterocycles. The number of anilines is 2. The fraction of sp³-hybridized carbons (Fsp3) is 0.0152. The maximum absolute atomic E-state index is 10.0. The van der Waals surface area contributed by atoms with Gasteiger partial charge < -0.3 is 10.2 Å². The highest BCUT2D eigenvalue weighted by Gasteiger charge is 2.48. The zero-order valence-electron chi connectivity index (χ0n) is 37.9. The van der Waals surface area contributed by atoms with Gasteiger partial charge in [0.15, 0.2) is 0 Å². The van der Waals surface area contributed by atoms with Gasteiger partial charge in [0.1, 0.15) is 0 Å². The zero-order chi connectivity index (χ0) is 46.2. The standard InChI is InChI=1S/C66H47N3/c67-62(48-30-11-3-12-31-48)60(47-28-9-2-10-29-47)64-53-39-19-20-40-54(53)65(63(68-64)49-32-13-4-14-33-49)69(58-44-24-22-38-52(58)46-26-7-1-8-27-46)59-45-25-43-57-61(59)55-41-21-23-42-56(55)66(57,50-34-15-5-16-35-50)51-36-17-6-18-37-51/h1-45,67-68H/b64-60-,67-62?. The summed E-state index contributed by atoms with van der Waals surface area (Å²) in [5, 5.41) is 14.1. The van der Waals surface area contributed by atoms with Gasteiger partial charge in [0.25, 0.3) is 0 Å². The summed E-state index contributed by atoms with van der Waals surface area (Å²) in [7, 11) is 0. The number of para-hydroxylation sites is 1. The summed E-state index contributed by atoms with van der Waals surface area (Å²) >= 11 is 0. The van der Waals surface area contributed by atoms with Gasteiger partial charge in [-0.25, -0.2) is 0 Å². The topological polar surface area (TPSA) is 39.1 Å². The first-order valence-corrected chi connectivity index (χ1v) is 23.6. The molecule has 3 heteroatoms. The van der Waals surface area contributed by atoms with Gasteiger partial charge in [-0.3, -0.25) is 5.41 Å². The second-order valence-electron chi connectivity index (χ2n) is 17.6. The largest absolute Gasteiger partial charge is 0.352 e. The summed E-state index contributed by atoms with van der Waals surface area (Å²) in [5.41, 5.74) is 20.0. The van der Waals surface area contributed by atoms with Crippen LogP contribution in [0.4, 0.5) is 11.4 Å². The maximum Gasteiger partial charge on any atom is 0.0783 e. The van der Waals surface area contributed by atoms with Crippen LogP contribution >= 0.6 is 0 Å². The lowest BCUT2D eigenvalue weighted by molar-refractivity contribution is 0.768. The van der Waals surface area contributed by atoms with Crippen LogP contribution < -0.4 is 10.2 Å². The van der Waals surface area contributed by atoms with Gasteiger partial charge in [0.2, 0.25) is 0 Å². The third-order valence-corrected chi connectivity index (χ3v) is 13.8. The molecule has 2 N–H and O–H groups in total. The van der Waals surface area contributed by atoms with Crippen LogP contribution in [0.15, 0.2) is 273 Å². The Kier molecular flexibility index (Phi) is 10.6. The van der Waals surface area contributed by atoms with Gasteiger partial charge in [-0.2, -0.15) is 0 Å². The van der Waals surface area contributed by atoms with Crippen molar-refractivity contribution < 1.29 is 0 Å². The summed E-state index contributed by atoms with van der Waals surface area (Å²) in [4.78, 5) is 2.53. The van der Waals surface area contributed by atoms with Crippen molar-refractivity contribution in [2.75, 3.05) is 4.90 Å². The second kappa shape index (κ2) is 17.6. The molecule has 69 heavy (non-hydrogen) atoms. The lowest BCUT2D eigenvalue weighted by atomic mass is 9.68. The van der Waals surface area contributed by atoms with Crippen molar-refractivity contribution in [1.29, 1.82) is 5.41 Å². The molecule has 0 amide bonds. The average Bonchev–Trinajstić information content (AvgIpc) is 3.74. The summed E-state index contributed by atoms with van der Waals surface area (Å²) in [5.74, 6) is 0. The monoisotopic (exact) mass is 881 g/mol. The Bertz CT molecular complexity index is 3520. The van der Waals surface area contributed by atoms with E-state index in [1.807, 2.05) is 36.4 Å². The molecule has 0 aromatic heterocycles. The number of rotatable bonds is 10. The van der Waals surface area contributed by atoms with Crippen LogP contribution in [0.2, 0.25) is 0 Å². The highest BCUT2D eigenvalue weighted by atomic mass is 15.2. The van der Waals surface area contributed by atoms with Crippen LogP contribution in [-0.4, -0.2) is 5.71 Å². The van der Waals surface area contributed by atoms with Crippen molar-refractivity contribution in [3.8, 4) is 22.3 Å². The second-order valence-corrected chi connectivity index (χ2v) is 17.6. The van der Waals surface area contributed by atoms with Crippen molar-refractivity contribution in [3.05, 3.63) is 323 Å². The van der Waals surface area contributed by atoms with E-state index in [1.54, 1.807) is 0 Å². The molecule has 326 valence electrons. The van der Waals surface area contributed by atoms with Crippen molar-refractivity contribution in [2.24, 2.45) is 0 Å². The summed E-state index contributed by atoms with van der Waals surface area (Å²) in [6.45, 7) is 0. The number of nitrogens with one attached hydrogen (secondary N) is 2. The molecule has 0 atom stereocenters. The van der Waals surface area contributed by atoms with E-state index in [0.717, 1.165) is 73.0 Å². The minimum Gasteiger partial charge on any atom is -0.352 e. The molecule has 10 aromatic carbocycles. The van der Waals surface area contributed by atoms with Crippen LogP contribution in [0.1, 0.15) is 50.1 Å². The smallest absolute Gasteiger partial charge is 0.0783 e. The van der Waals surface area contributed by atoms with Crippen molar-refractivity contribution in [3.63, 3.8) is 0 Å². The van der Waals surface area contributed by atoms with Crippen molar-refractivity contribution >= 4 is 39.8 Å². The molecule has 12 rings (SSSR count). The van der Waals surface area contributed by atoms with Crippen molar-refractivity contribution in [1.82, 2.24) is 5.32 Å². The Labute approximate surface area is 404 Å². The molecule has 0 bridgehead atoms. The highest BCUT2D eigenvalue weighted by Crippen LogP contribution is 2.60. The zero-order valence-corrected chi connectivity index (χ0v) is 37.9. The molecule has 3 nitrogen and oxygen atoms in total. The number of allylic oxidation sites excluding steroid dienone is 1. The van der Waals surface area contributed by atoms with Crippen LogP contribution in [0.3, 0.4) is 0 Å². The molecule has 2 aliphatic rings. The first-order valence-electron chi connectivity index (χ1n) is 23.6. The first-order chi connectivity index (χ1) is 34.2. The Morgan fingerprint density at radius 1 is 0.362 bits per heavy atom. The molecular formula is C66H47N3. The van der Waals surface area contributed by atoms with E-state index in [4.69, 9.17) is 0 Å². The van der Waals surface area contributed by atoms with Gasteiger partial charge in [0.05, 0.1) is 39.6 Å². The van der Waals surface area contributed by atoms with Crippen LogP contribution in [-0.2, 0) is 5.41 Å². The van der Waals surface area contributed by atoms with E-state index >= 15 is 0 Å². The summed E-state index contributed by atoms with van der Waals surface area (Å²) in [6, 6.07) is 97.5. The minimum absolute atomic E-state index is 0.442. The number of benzene rings is 10. The van der Waals surface area contributed by atoms with E-state index < -0.39 is 5.41 Å². The van der Waals surface area contributed by atoms with E-state index in [1.165, 1.54) is 33.4 Å². The van der Waals surface area contributed by atoms with E-state index in [-0.39, 0.29) is 0 Å². The fourth-order valence-electron chi connectivity index (χ4n) is 10.9. The fourth-order valence-corrected chi connectivity index (χ4v) is 10.9. The third kappa shape index (κ3) is 6.94. The molecule has 0 fully saturated rings. The van der Waals surface area contributed by atoms with Gasteiger partial charge >= 0.3 is 0 Å². The first kappa shape index (κ1) is 41.4. The Balaban J connectivity index is 1.23. The SMILES string of the molecule is N=C(/C(=C1\NC(c2ccccc2)=C(N(c2ccccc2-c2ccccc2)c2cccc3c2-c2ccccc2C3(c2ccccc2)c2ccccc2)c2ccccc21)c1ccccc1)c1ccccc1. The van der Waals surface area contributed by atoms with E-state index in [2.05, 4.69) is 247 Å². The van der Waals surface area contributed by atoms with Gasteiger partial charge in [-0.05, 0) is 51.1 Å². The lowest BCUT2D eigenvalue weighted by Gasteiger charge is -2.38. The maximum atomic E-state index is 10.0. The molecule has 1 aliphatic carbocycles. The average molecular weight is 882 g/mol. The number of hydrogen-bond acceptors (Lipinski definition) is 3. The summed E-state index contributed by atoms with van der Waals surface area (Å²) < 4.78 is 0. The quantitative estimate of drug-likeness (QED) is 0.134. The van der Waals surface area contributed by atoms with Crippen molar-refractivity contribution in [2.45, 2.75) is 5.41 Å². The number of fused-ring (bicyclic) bond motifs is 4. The lowest BCUT2D eigenvalue weighted by Crippen LogP contribution is -2.30. The van der Waals surface area contributed by atoms with E-state index in [0.29, 0.717) is 5.71 Å². The predicted molar refractivity (Wildman–Crippen MR) is 287 cm³/mol. The van der Waals surface area contributed by atoms with Crippen LogP contribution in [0, 0.1) is 5.41 Å². The molecule has 1 aliphatic heterocycles. The summed E-state index contributed by atoms with van der Waals surface area (Å²) in [6.07, 6.45) is 0. The van der Waals surface area contributed by atoms with Gasteiger partial charge in [-0.15, -0.1) is 0 Å². The predicted octanol–water partition coefficient (Wildman–Crippen LogP) is 15.9. The van der Waals surface area contributed by atoms with Gasteiger partial charge in [-0.1, -0.05) is 261 Å².